The maximum Gasteiger partial charge on any atom is 0.138 e. The number of hydrogen-bond donors (Lipinski definition) is 1. The minimum atomic E-state index is -0.459. The van der Waals surface area contributed by atoms with Crippen LogP contribution in [-0.2, 0) is 0 Å². The number of rotatable bonds is 5. The Morgan fingerprint density at radius 3 is 2.58 bits per heavy atom. The van der Waals surface area contributed by atoms with Gasteiger partial charge in [-0.15, -0.1) is 12.4 Å². The summed E-state index contributed by atoms with van der Waals surface area (Å²) >= 11 is 5.98. The fraction of sp³-hybridized carbons (Fsp3) is 0.571. The SMILES string of the molecule is Cl.OC(COc1ccccc1Cl)CN1CCCCC1. The second-order valence-electron chi connectivity index (χ2n) is 4.76. The van der Waals surface area contributed by atoms with Crippen LogP contribution in [0.15, 0.2) is 24.3 Å². The van der Waals surface area contributed by atoms with Crippen molar-refractivity contribution in [1.29, 1.82) is 0 Å². The van der Waals surface area contributed by atoms with Gasteiger partial charge in [0, 0.05) is 6.54 Å². The van der Waals surface area contributed by atoms with Crippen molar-refractivity contribution >= 4 is 24.0 Å². The van der Waals surface area contributed by atoms with E-state index in [9.17, 15) is 5.11 Å². The average molecular weight is 306 g/mol. The Morgan fingerprint density at radius 1 is 1.21 bits per heavy atom. The average Bonchev–Trinajstić information content (AvgIpc) is 2.39. The van der Waals surface area contributed by atoms with Gasteiger partial charge in [-0.2, -0.15) is 0 Å². The Kier molecular flexibility index (Phi) is 7.54. The van der Waals surface area contributed by atoms with Gasteiger partial charge in [0.25, 0.3) is 0 Å². The van der Waals surface area contributed by atoms with E-state index in [0.29, 0.717) is 23.9 Å². The van der Waals surface area contributed by atoms with Gasteiger partial charge in [-0.05, 0) is 38.1 Å². The number of aliphatic hydroxyl groups is 1. The number of halogens is 2. The molecule has 0 amide bonds. The van der Waals surface area contributed by atoms with E-state index in [1.54, 1.807) is 6.07 Å². The second-order valence-corrected chi connectivity index (χ2v) is 5.16. The van der Waals surface area contributed by atoms with Gasteiger partial charge >= 0.3 is 0 Å². The molecule has 0 saturated carbocycles. The number of hydrogen-bond acceptors (Lipinski definition) is 3. The van der Waals surface area contributed by atoms with Crippen LogP contribution in [0.4, 0.5) is 0 Å². The summed E-state index contributed by atoms with van der Waals surface area (Å²) in [6.07, 6.45) is 3.32. The zero-order valence-electron chi connectivity index (χ0n) is 10.9. The van der Waals surface area contributed by atoms with E-state index < -0.39 is 6.10 Å². The second kappa shape index (κ2) is 8.64. The first-order valence-electron chi connectivity index (χ1n) is 6.53. The standard InChI is InChI=1S/C14H20ClNO2.ClH/c15-13-6-2-3-7-14(13)18-11-12(17)10-16-8-4-1-5-9-16;/h2-3,6-7,12,17H,1,4-5,8-11H2;1H. The van der Waals surface area contributed by atoms with Crippen molar-refractivity contribution in [2.75, 3.05) is 26.2 Å². The number of β-amino-alcohol motifs (C(OH)–C–C–N with tert-alkyl or cyclic N) is 1. The molecule has 1 aromatic rings. The Bertz CT molecular complexity index is 370. The molecule has 5 heteroatoms. The summed E-state index contributed by atoms with van der Waals surface area (Å²) in [6.45, 7) is 3.15. The summed E-state index contributed by atoms with van der Waals surface area (Å²) in [7, 11) is 0. The van der Waals surface area contributed by atoms with Crippen LogP contribution in [0.25, 0.3) is 0 Å². The molecule has 0 radical (unpaired) electrons. The lowest BCUT2D eigenvalue weighted by Crippen LogP contribution is -2.38. The number of benzene rings is 1. The quantitative estimate of drug-likeness (QED) is 0.908. The molecule has 1 aliphatic rings. The van der Waals surface area contributed by atoms with Crippen molar-refractivity contribution in [3.63, 3.8) is 0 Å². The number of nitrogens with zero attached hydrogens (tertiary/aromatic N) is 1. The summed E-state index contributed by atoms with van der Waals surface area (Å²) in [6, 6.07) is 7.33. The molecule has 0 spiro atoms. The topological polar surface area (TPSA) is 32.7 Å². The Hall–Kier alpha value is -0.480. The van der Waals surface area contributed by atoms with Gasteiger partial charge < -0.3 is 14.7 Å². The lowest BCUT2D eigenvalue weighted by Gasteiger charge is -2.28. The van der Waals surface area contributed by atoms with Gasteiger partial charge in [0.2, 0.25) is 0 Å². The Balaban J connectivity index is 0.00000180. The molecule has 1 fully saturated rings. The predicted octanol–water partition coefficient (Wildman–Crippen LogP) is 2.99. The minimum absolute atomic E-state index is 0. The van der Waals surface area contributed by atoms with E-state index >= 15 is 0 Å². The molecule has 0 bridgehead atoms. The smallest absolute Gasteiger partial charge is 0.138 e. The summed E-state index contributed by atoms with van der Waals surface area (Å²) in [5, 5.41) is 10.5. The van der Waals surface area contributed by atoms with E-state index in [2.05, 4.69) is 4.90 Å². The van der Waals surface area contributed by atoms with Crippen LogP contribution in [0.2, 0.25) is 5.02 Å². The summed E-state index contributed by atoms with van der Waals surface area (Å²) < 4.78 is 5.53. The van der Waals surface area contributed by atoms with Crippen LogP contribution < -0.4 is 4.74 Å². The first-order valence-corrected chi connectivity index (χ1v) is 6.91. The molecular weight excluding hydrogens is 285 g/mol. The third-order valence-corrected chi connectivity index (χ3v) is 3.50. The summed E-state index contributed by atoms with van der Waals surface area (Å²) in [5.74, 6) is 0.636. The monoisotopic (exact) mass is 305 g/mol. The zero-order chi connectivity index (χ0) is 12.8. The van der Waals surface area contributed by atoms with E-state index in [4.69, 9.17) is 16.3 Å². The van der Waals surface area contributed by atoms with Crippen LogP contribution in [0, 0.1) is 0 Å². The fourth-order valence-corrected chi connectivity index (χ4v) is 2.43. The van der Waals surface area contributed by atoms with Gasteiger partial charge in [-0.3, -0.25) is 0 Å². The van der Waals surface area contributed by atoms with Gasteiger partial charge in [0.1, 0.15) is 18.5 Å². The van der Waals surface area contributed by atoms with Crippen LogP contribution in [-0.4, -0.2) is 42.4 Å². The molecule has 1 N–H and O–H groups in total. The number of piperidine rings is 1. The van der Waals surface area contributed by atoms with Crippen molar-refractivity contribution in [2.45, 2.75) is 25.4 Å². The predicted molar refractivity (Wildman–Crippen MR) is 80.5 cm³/mol. The molecule has 1 unspecified atom stereocenters. The number of para-hydroxylation sites is 1. The molecule has 1 aliphatic heterocycles. The highest BCUT2D eigenvalue weighted by atomic mass is 35.5. The molecule has 108 valence electrons. The van der Waals surface area contributed by atoms with E-state index in [0.717, 1.165) is 13.1 Å². The normalized spacial score (nSPS) is 17.6. The first-order chi connectivity index (χ1) is 8.75. The lowest BCUT2D eigenvalue weighted by molar-refractivity contribution is 0.0617. The molecule has 1 aromatic carbocycles. The third-order valence-electron chi connectivity index (χ3n) is 3.19. The molecule has 1 atom stereocenters. The molecule has 2 rings (SSSR count). The maximum atomic E-state index is 9.94. The Morgan fingerprint density at radius 2 is 1.89 bits per heavy atom. The van der Waals surface area contributed by atoms with Crippen molar-refractivity contribution in [1.82, 2.24) is 4.90 Å². The number of likely N-dealkylation sites (tertiary alicyclic amines) is 1. The first kappa shape index (κ1) is 16.6. The van der Waals surface area contributed by atoms with Gasteiger partial charge in [0.15, 0.2) is 0 Å². The molecule has 3 nitrogen and oxygen atoms in total. The zero-order valence-corrected chi connectivity index (χ0v) is 12.5. The molecule has 19 heavy (non-hydrogen) atoms. The van der Waals surface area contributed by atoms with Crippen LogP contribution in [0.1, 0.15) is 19.3 Å². The highest BCUT2D eigenvalue weighted by Crippen LogP contribution is 2.23. The molecule has 1 heterocycles. The van der Waals surface area contributed by atoms with Crippen LogP contribution in [0.5, 0.6) is 5.75 Å². The van der Waals surface area contributed by atoms with Crippen LogP contribution in [0.3, 0.4) is 0 Å². The highest BCUT2D eigenvalue weighted by molar-refractivity contribution is 6.32. The summed E-state index contributed by atoms with van der Waals surface area (Å²) in [4.78, 5) is 2.30. The van der Waals surface area contributed by atoms with Gasteiger partial charge in [-0.1, -0.05) is 30.2 Å². The maximum absolute atomic E-state index is 9.94. The van der Waals surface area contributed by atoms with Crippen LogP contribution >= 0.6 is 24.0 Å². The van der Waals surface area contributed by atoms with E-state index in [1.807, 2.05) is 18.2 Å². The third kappa shape index (κ3) is 5.57. The fourth-order valence-electron chi connectivity index (χ4n) is 2.24. The minimum Gasteiger partial charge on any atom is -0.489 e. The van der Waals surface area contributed by atoms with Gasteiger partial charge in [0.05, 0.1) is 5.02 Å². The lowest BCUT2D eigenvalue weighted by atomic mass is 10.1. The molecule has 1 saturated heterocycles. The van der Waals surface area contributed by atoms with E-state index in [1.165, 1.54) is 19.3 Å². The number of ether oxygens (including phenoxy) is 1. The molecular formula is C14H21Cl2NO2. The Labute approximate surface area is 125 Å². The number of aliphatic hydroxyl groups excluding tert-OH is 1. The van der Waals surface area contributed by atoms with Gasteiger partial charge in [-0.25, -0.2) is 0 Å². The summed E-state index contributed by atoms with van der Waals surface area (Å²) in [5.41, 5.74) is 0. The molecule has 0 aliphatic carbocycles. The van der Waals surface area contributed by atoms with Crippen molar-refractivity contribution in [2.24, 2.45) is 0 Å². The largest absolute Gasteiger partial charge is 0.489 e. The van der Waals surface area contributed by atoms with Crippen molar-refractivity contribution in [3.8, 4) is 5.75 Å². The highest BCUT2D eigenvalue weighted by Gasteiger charge is 2.15. The van der Waals surface area contributed by atoms with Crippen molar-refractivity contribution in [3.05, 3.63) is 29.3 Å². The van der Waals surface area contributed by atoms with E-state index in [-0.39, 0.29) is 12.4 Å². The molecule has 0 aromatic heterocycles. The van der Waals surface area contributed by atoms with Crippen molar-refractivity contribution < 1.29 is 9.84 Å².